The van der Waals surface area contributed by atoms with Crippen molar-refractivity contribution in [2.45, 2.75) is 26.7 Å². The number of allylic oxidation sites excluding steroid dienone is 1. The Hall–Kier alpha value is -1.88. The largest absolute Gasteiger partial charge is 0.494 e. The predicted octanol–water partition coefficient (Wildman–Crippen LogP) is 4.43. The molecule has 0 aromatic heterocycles. The summed E-state index contributed by atoms with van der Waals surface area (Å²) in [6.45, 7) is 8.20. The monoisotopic (exact) mass is 395 g/mol. The van der Waals surface area contributed by atoms with Crippen LogP contribution in [0, 0.1) is 0 Å². The highest BCUT2D eigenvalue weighted by molar-refractivity contribution is 7.56. The summed E-state index contributed by atoms with van der Waals surface area (Å²) >= 11 is 0. The molecule has 0 fully saturated rings. The Balaban J connectivity index is 2.46. The molecule has 0 bridgehead atoms. The second-order valence-electron chi connectivity index (χ2n) is 5.67. The van der Waals surface area contributed by atoms with Gasteiger partial charge in [0.15, 0.2) is 6.61 Å². The van der Waals surface area contributed by atoms with Crippen molar-refractivity contribution in [3.05, 3.63) is 48.6 Å². The molecule has 150 valence electrons. The predicted molar refractivity (Wildman–Crippen MR) is 109 cm³/mol. The zero-order chi connectivity index (χ0) is 20.0. The number of esters is 1. The number of carbonyl (C=O) groups is 1. The molecule has 0 spiro atoms. The van der Waals surface area contributed by atoms with Crippen LogP contribution in [0.15, 0.2) is 43.0 Å². The summed E-state index contributed by atoms with van der Waals surface area (Å²) in [7, 11) is -3.11. The Morgan fingerprint density at radius 3 is 2.59 bits per heavy atom. The van der Waals surface area contributed by atoms with E-state index in [0.717, 1.165) is 17.7 Å². The van der Waals surface area contributed by atoms with E-state index in [4.69, 9.17) is 14.0 Å². The number of hydrogen-bond acceptors (Lipinski definition) is 5. The van der Waals surface area contributed by atoms with Gasteiger partial charge in [-0.05, 0) is 44.4 Å². The topological polar surface area (TPSA) is 73.9 Å². The molecule has 1 atom stereocenters. The highest BCUT2D eigenvalue weighted by atomic mass is 31.2. The summed E-state index contributed by atoms with van der Waals surface area (Å²) in [5.74, 6) is 0.330. The first-order valence-corrected chi connectivity index (χ1v) is 11.0. The van der Waals surface area contributed by atoms with Crippen molar-refractivity contribution in [3.8, 4) is 5.75 Å². The van der Waals surface area contributed by atoms with Gasteiger partial charge in [-0.1, -0.05) is 30.4 Å². The zero-order valence-electron chi connectivity index (χ0n) is 16.2. The highest BCUT2D eigenvalue weighted by Gasteiger charge is 2.23. The number of nitrogens with one attached hydrogen (secondary N) is 1. The van der Waals surface area contributed by atoms with E-state index in [9.17, 15) is 9.36 Å². The van der Waals surface area contributed by atoms with Gasteiger partial charge in [-0.2, -0.15) is 0 Å². The van der Waals surface area contributed by atoms with Crippen LogP contribution < -0.4 is 9.82 Å². The van der Waals surface area contributed by atoms with Gasteiger partial charge in [0.25, 0.3) is 7.52 Å². The fourth-order valence-corrected chi connectivity index (χ4v) is 3.93. The highest BCUT2D eigenvalue weighted by Crippen LogP contribution is 2.43. The van der Waals surface area contributed by atoms with Gasteiger partial charge in [0.05, 0.1) is 13.2 Å². The molecule has 0 saturated carbocycles. The first kappa shape index (κ1) is 23.2. The second kappa shape index (κ2) is 13.3. The van der Waals surface area contributed by atoms with Gasteiger partial charge in [0.2, 0.25) is 0 Å². The van der Waals surface area contributed by atoms with Gasteiger partial charge in [0.1, 0.15) is 5.75 Å². The average Bonchev–Trinajstić information content (AvgIpc) is 2.66. The van der Waals surface area contributed by atoms with Crippen LogP contribution in [0.5, 0.6) is 5.75 Å². The third-order valence-electron chi connectivity index (χ3n) is 3.50. The molecule has 0 radical (unpaired) electrons. The van der Waals surface area contributed by atoms with Crippen LogP contribution in [0.1, 0.15) is 32.3 Å². The van der Waals surface area contributed by atoms with Crippen molar-refractivity contribution < 1.29 is 23.4 Å². The molecule has 0 amide bonds. The van der Waals surface area contributed by atoms with Gasteiger partial charge >= 0.3 is 5.97 Å². The fourth-order valence-electron chi connectivity index (χ4n) is 2.23. The van der Waals surface area contributed by atoms with E-state index in [1.165, 1.54) is 0 Å². The second-order valence-corrected chi connectivity index (χ2v) is 8.04. The fraction of sp³-hybridized carbons (Fsp3) is 0.450. The van der Waals surface area contributed by atoms with Crippen molar-refractivity contribution in [1.29, 1.82) is 0 Å². The Kier molecular flexibility index (Phi) is 11.4. The molecule has 27 heavy (non-hydrogen) atoms. The Morgan fingerprint density at radius 1 is 1.22 bits per heavy atom. The molecule has 0 aliphatic carbocycles. The van der Waals surface area contributed by atoms with Crippen LogP contribution in [0.2, 0.25) is 0 Å². The Bertz CT molecular complexity index is 642. The van der Waals surface area contributed by atoms with Crippen LogP contribution >= 0.6 is 7.52 Å². The van der Waals surface area contributed by atoms with Crippen LogP contribution in [-0.2, 0) is 18.6 Å². The van der Waals surface area contributed by atoms with Crippen LogP contribution in [0.25, 0.3) is 6.08 Å². The van der Waals surface area contributed by atoms with E-state index in [1.807, 2.05) is 43.3 Å². The lowest BCUT2D eigenvalue weighted by Gasteiger charge is -2.18. The van der Waals surface area contributed by atoms with Crippen molar-refractivity contribution in [2.24, 2.45) is 0 Å². The van der Waals surface area contributed by atoms with Crippen molar-refractivity contribution in [1.82, 2.24) is 5.09 Å². The molecule has 1 rings (SSSR count). The lowest BCUT2D eigenvalue weighted by molar-refractivity contribution is -0.145. The molecule has 0 aliphatic heterocycles. The minimum Gasteiger partial charge on any atom is -0.494 e. The Labute approximate surface area is 162 Å². The Morgan fingerprint density at radius 2 is 1.96 bits per heavy atom. The van der Waals surface area contributed by atoms with Crippen LogP contribution in [-0.4, -0.2) is 38.5 Å². The number of rotatable bonds is 14. The minimum atomic E-state index is -3.11. The molecule has 0 heterocycles. The number of unbranched alkanes of at least 4 members (excludes halogenated alkanes) is 1. The van der Waals surface area contributed by atoms with Crippen LogP contribution in [0.4, 0.5) is 0 Å². The number of ether oxygens (including phenoxy) is 2. The summed E-state index contributed by atoms with van der Waals surface area (Å²) in [6.07, 6.45) is 7.38. The molecular formula is C20H30NO5P. The smallest absolute Gasteiger partial charge is 0.332 e. The molecule has 1 aromatic carbocycles. The van der Waals surface area contributed by atoms with E-state index in [0.29, 0.717) is 25.7 Å². The number of benzene rings is 1. The van der Waals surface area contributed by atoms with E-state index in [2.05, 4.69) is 11.7 Å². The van der Waals surface area contributed by atoms with Gasteiger partial charge in [0, 0.05) is 12.7 Å². The molecule has 1 unspecified atom stereocenters. The summed E-state index contributed by atoms with van der Waals surface area (Å²) in [6, 6.07) is 7.83. The lowest BCUT2D eigenvalue weighted by atomic mass is 10.2. The quantitative estimate of drug-likeness (QED) is 0.217. The van der Waals surface area contributed by atoms with Crippen molar-refractivity contribution in [2.75, 3.05) is 32.5 Å². The standard InChI is InChI=1S/C20H30NO5P/c1-4-15-21-27(23,26-17-20(22)25-6-3)16-9-7-8-10-18-11-13-19(14-12-18)24-5-2/h4,8,10-14H,1,5-7,9,15-17H2,2-3H3,(H,21,23). The van der Waals surface area contributed by atoms with E-state index >= 15 is 0 Å². The molecular weight excluding hydrogens is 365 g/mol. The first-order valence-electron chi connectivity index (χ1n) is 9.17. The van der Waals surface area contributed by atoms with Gasteiger partial charge in [-0.15, -0.1) is 6.58 Å². The zero-order valence-corrected chi connectivity index (χ0v) is 17.1. The SMILES string of the molecule is C=CCNP(=O)(CCCC=Cc1ccc(OCC)cc1)OCC(=O)OCC. The third kappa shape index (κ3) is 10.1. The summed E-state index contributed by atoms with van der Waals surface area (Å²) < 4.78 is 28.3. The van der Waals surface area contributed by atoms with E-state index < -0.39 is 13.5 Å². The minimum absolute atomic E-state index is 0.267. The molecule has 7 heteroatoms. The number of hydrogen-bond donors (Lipinski definition) is 1. The average molecular weight is 395 g/mol. The summed E-state index contributed by atoms with van der Waals surface area (Å²) in [4.78, 5) is 11.4. The molecule has 6 nitrogen and oxygen atoms in total. The third-order valence-corrected chi connectivity index (χ3v) is 5.61. The molecule has 0 saturated heterocycles. The molecule has 0 aliphatic rings. The van der Waals surface area contributed by atoms with Gasteiger partial charge in [-0.25, -0.2) is 9.88 Å². The van der Waals surface area contributed by atoms with E-state index in [-0.39, 0.29) is 13.2 Å². The van der Waals surface area contributed by atoms with Crippen molar-refractivity contribution >= 4 is 19.6 Å². The summed E-state index contributed by atoms with van der Waals surface area (Å²) in [5.41, 5.74) is 1.07. The van der Waals surface area contributed by atoms with Crippen molar-refractivity contribution in [3.63, 3.8) is 0 Å². The van der Waals surface area contributed by atoms with Gasteiger partial charge in [-0.3, -0.25) is 4.57 Å². The normalized spacial score (nSPS) is 13.3. The molecule has 1 N–H and O–H groups in total. The summed E-state index contributed by atoms with van der Waals surface area (Å²) in [5, 5.41) is 2.84. The van der Waals surface area contributed by atoms with E-state index in [1.54, 1.807) is 13.0 Å². The lowest BCUT2D eigenvalue weighted by Crippen LogP contribution is -2.19. The maximum Gasteiger partial charge on any atom is 0.332 e. The van der Waals surface area contributed by atoms with Crippen LogP contribution in [0.3, 0.4) is 0 Å². The maximum absolute atomic E-state index is 12.8. The first-order chi connectivity index (χ1) is 13.0. The maximum atomic E-state index is 12.8. The molecule has 1 aromatic rings. The number of carbonyl (C=O) groups excluding carboxylic acids is 1. The van der Waals surface area contributed by atoms with Gasteiger partial charge < -0.3 is 14.0 Å².